The van der Waals surface area contributed by atoms with Crippen LogP contribution in [0.3, 0.4) is 0 Å². The Morgan fingerprint density at radius 2 is 2.55 bits per heavy atom. The monoisotopic (exact) mass is 155 g/mol. The van der Waals surface area contributed by atoms with Crippen molar-refractivity contribution in [3.8, 4) is 0 Å². The number of hydrogen-bond acceptors (Lipinski definition) is 3. The number of aryl methyl sites for hydroxylation is 1. The SMILES string of the molecule is Cc1ncc(CNCCO)[nH]1. The minimum Gasteiger partial charge on any atom is -0.395 e. The quantitative estimate of drug-likeness (QED) is 0.528. The van der Waals surface area contributed by atoms with Crippen LogP contribution in [0, 0.1) is 6.92 Å². The molecule has 3 N–H and O–H groups in total. The summed E-state index contributed by atoms with van der Waals surface area (Å²) in [6.07, 6.45) is 1.79. The fourth-order valence-corrected chi connectivity index (χ4v) is 0.864. The van der Waals surface area contributed by atoms with Gasteiger partial charge in [-0.3, -0.25) is 0 Å². The topological polar surface area (TPSA) is 60.9 Å². The van der Waals surface area contributed by atoms with Gasteiger partial charge in [0.1, 0.15) is 5.82 Å². The van der Waals surface area contributed by atoms with E-state index >= 15 is 0 Å². The highest BCUT2D eigenvalue weighted by molar-refractivity contribution is 4.98. The predicted octanol–water partition coefficient (Wildman–Crippen LogP) is -0.200. The van der Waals surface area contributed by atoms with Crippen LogP contribution >= 0.6 is 0 Å². The zero-order valence-corrected chi connectivity index (χ0v) is 6.59. The first-order valence-electron chi connectivity index (χ1n) is 3.65. The average Bonchev–Trinajstić information content (AvgIpc) is 2.37. The number of imidazole rings is 1. The number of aliphatic hydroxyl groups is 1. The third kappa shape index (κ3) is 2.69. The molecule has 0 bridgehead atoms. The van der Waals surface area contributed by atoms with Gasteiger partial charge in [-0.25, -0.2) is 4.98 Å². The molecule has 0 aliphatic heterocycles. The minimum absolute atomic E-state index is 0.174. The number of aromatic amines is 1. The van der Waals surface area contributed by atoms with E-state index in [1.807, 2.05) is 6.92 Å². The van der Waals surface area contributed by atoms with Gasteiger partial charge in [0.2, 0.25) is 0 Å². The van der Waals surface area contributed by atoms with Gasteiger partial charge in [0.05, 0.1) is 6.61 Å². The Kier molecular flexibility index (Phi) is 3.07. The molecule has 4 nitrogen and oxygen atoms in total. The van der Waals surface area contributed by atoms with E-state index in [-0.39, 0.29) is 6.61 Å². The lowest BCUT2D eigenvalue weighted by Crippen LogP contribution is -2.17. The zero-order chi connectivity index (χ0) is 8.10. The maximum atomic E-state index is 8.46. The summed E-state index contributed by atoms with van der Waals surface area (Å²) in [6.45, 7) is 3.45. The molecule has 1 heterocycles. The van der Waals surface area contributed by atoms with Crippen molar-refractivity contribution in [3.05, 3.63) is 17.7 Å². The van der Waals surface area contributed by atoms with Gasteiger partial charge >= 0.3 is 0 Å². The van der Waals surface area contributed by atoms with Gasteiger partial charge in [-0.2, -0.15) is 0 Å². The molecule has 11 heavy (non-hydrogen) atoms. The van der Waals surface area contributed by atoms with E-state index in [0.717, 1.165) is 18.1 Å². The number of nitrogens with one attached hydrogen (secondary N) is 2. The zero-order valence-electron chi connectivity index (χ0n) is 6.59. The maximum Gasteiger partial charge on any atom is 0.103 e. The Bertz CT molecular complexity index is 209. The molecule has 1 rings (SSSR count). The lowest BCUT2D eigenvalue weighted by Gasteiger charge is -1.97. The second kappa shape index (κ2) is 4.10. The lowest BCUT2D eigenvalue weighted by atomic mass is 10.5. The number of hydrogen-bond donors (Lipinski definition) is 3. The Morgan fingerprint density at radius 3 is 3.09 bits per heavy atom. The number of H-pyrrole nitrogens is 1. The smallest absolute Gasteiger partial charge is 0.103 e. The minimum atomic E-state index is 0.174. The Balaban J connectivity index is 2.27. The molecule has 0 aromatic carbocycles. The van der Waals surface area contributed by atoms with E-state index < -0.39 is 0 Å². The summed E-state index contributed by atoms with van der Waals surface area (Å²) in [7, 11) is 0. The van der Waals surface area contributed by atoms with Gasteiger partial charge in [0.25, 0.3) is 0 Å². The van der Waals surface area contributed by atoms with Crippen molar-refractivity contribution >= 4 is 0 Å². The van der Waals surface area contributed by atoms with Gasteiger partial charge in [0.15, 0.2) is 0 Å². The first-order valence-corrected chi connectivity index (χ1v) is 3.65. The molecular weight excluding hydrogens is 142 g/mol. The van der Waals surface area contributed by atoms with Crippen LogP contribution in [-0.4, -0.2) is 28.2 Å². The van der Waals surface area contributed by atoms with Crippen molar-refractivity contribution in [2.45, 2.75) is 13.5 Å². The highest BCUT2D eigenvalue weighted by atomic mass is 16.3. The van der Waals surface area contributed by atoms with Crippen molar-refractivity contribution in [1.29, 1.82) is 0 Å². The molecule has 0 saturated heterocycles. The Hall–Kier alpha value is -0.870. The van der Waals surface area contributed by atoms with Crippen molar-refractivity contribution in [2.24, 2.45) is 0 Å². The van der Waals surface area contributed by atoms with Crippen molar-refractivity contribution in [3.63, 3.8) is 0 Å². The van der Waals surface area contributed by atoms with E-state index in [1.54, 1.807) is 6.20 Å². The molecule has 0 radical (unpaired) electrons. The van der Waals surface area contributed by atoms with Gasteiger partial charge in [-0.15, -0.1) is 0 Å². The molecule has 0 aliphatic carbocycles. The van der Waals surface area contributed by atoms with Crippen LogP contribution in [0.25, 0.3) is 0 Å². The molecule has 0 amide bonds. The molecule has 0 atom stereocenters. The molecular formula is C7H13N3O. The third-order valence-electron chi connectivity index (χ3n) is 1.36. The van der Waals surface area contributed by atoms with Gasteiger partial charge < -0.3 is 15.4 Å². The summed E-state index contributed by atoms with van der Waals surface area (Å²) < 4.78 is 0. The number of aliphatic hydroxyl groups excluding tert-OH is 1. The van der Waals surface area contributed by atoms with Crippen molar-refractivity contribution < 1.29 is 5.11 Å². The van der Waals surface area contributed by atoms with Crippen LogP contribution in [0.1, 0.15) is 11.5 Å². The summed E-state index contributed by atoms with van der Waals surface area (Å²) in [5.41, 5.74) is 1.05. The largest absolute Gasteiger partial charge is 0.395 e. The Morgan fingerprint density at radius 1 is 1.73 bits per heavy atom. The summed E-state index contributed by atoms with van der Waals surface area (Å²) in [4.78, 5) is 7.12. The van der Waals surface area contributed by atoms with Crippen LogP contribution < -0.4 is 5.32 Å². The van der Waals surface area contributed by atoms with Gasteiger partial charge in [-0.1, -0.05) is 0 Å². The summed E-state index contributed by atoms with van der Waals surface area (Å²) >= 11 is 0. The molecule has 0 unspecified atom stereocenters. The van der Waals surface area contributed by atoms with Crippen LogP contribution in [-0.2, 0) is 6.54 Å². The molecule has 0 fully saturated rings. The average molecular weight is 155 g/mol. The van der Waals surface area contributed by atoms with Crippen LogP contribution in [0.5, 0.6) is 0 Å². The van der Waals surface area contributed by atoms with Crippen LogP contribution in [0.4, 0.5) is 0 Å². The van der Waals surface area contributed by atoms with Crippen LogP contribution in [0.15, 0.2) is 6.20 Å². The van der Waals surface area contributed by atoms with E-state index in [1.165, 1.54) is 0 Å². The maximum absolute atomic E-state index is 8.46. The summed E-state index contributed by atoms with van der Waals surface area (Å²) in [5.74, 6) is 0.922. The highest BCUT2D eigenvalue weighted by Crippen LogP contribution is 1.93. The van der Waals surface area contributed by atoms with E-state index in [4.69, 9.17) is 5.11 Å². The standard InChI is InChI=1S/C7H13N3O/c1-6-9-5-7(10-6)4-8-2-3-11/h5,8,11H,2-4H2,1H3,(H,9,10). The van der Waals surface area contributed by atoms with Crippen molar-refractivity contribution in [1.82, 2.24) is 15.3 Å². The van der Waals surface area contributed by atoms with Crippen molar-refractivity contribution in [2.75, 3.05) is 13.2 Å². The predicted molar refractivity (Wildman–Crippen MR) is 42.1 cm³/mol. The second-order valence-electron chi connectivity index (χ2n) is 2.39. The highest BCUT2D eigenvalue weighted by Gasteiger charge is 1.93. The molecule has 0 spiro atoms. The molecule has 0 saturated carbocycles. The molecule has 62 valence electrons. The molecule has 0 aliphatic rings. The summed E-state index contributed by atoms with van der Waals surface area (Å²) in [5, 5.41) is 11.5. The van der Waals surface area contributed by atoms with Gasteiger partial charge in [0, 0.05) is 25.0 Å². The number of rotatable bonds is 4. The first-order chi connectivity index (χ1) is 5.33. The number of aromatic nitrogens is 2. The second-order valence-corrected chi connectivity index (χ2v) is 2.39. The van der Waals surface area contributed by atoms with E-state index in [2.05, 4.69) is 15.3 Å². The lowest BCUT2D eigenvalue weighted by molar-refractivity contribution is 0.291. The molecule has 1 aromatic rings. The van der Waals surface area contributed by atoms with E-state index in [0.29, 0.717) is 6.54 Å². The normalized spacial score (nSPS) is 10.4. The number of nitrogens with zero attached hydrogens (tertiary/aromatic N) is 1. The molecule has 4 heteroatoms. The molecule has 1 aromatic heterocycles. The van der Waals surface area contributed by atoms with Crippen LogP contribution in [0.2, 0.25) is 0 Å². The van der Waals surface area contributed by atoms with E-state index in [9.17, 15) is 0 Å². The fraction of sp³-hybridized carbons (Fsp3) is 0.571. The summed E-state index contributed by atoms with van der Waals surface area (Å²) in [6, 6.07) is 0. The fourth-order valence-electron chi connectivity index (χ4n) is 0.864. The third-order valence-corrected chi connectivity index (χ3v) is 1.36. The van der Waals surface area contributed by atoms with Gasteiger partial charge in [-0.05, 0) is 6.92 Å². The first kappa shape index (κ1) is 8.23. The Labute approximate surface area is 65.7 Å².